The van der Waals surface area contributed by atoms with Crippen LogP contribution in [0.4, 0.5) is 11.4 Å². The van der Waals surface area contributed by atoms with Gasteiger partial charge in [0.2, 0.25) is 5.91 Å². The average Bonchev–Trinajstić information content (AvgIpc) is 3.17. The molecule has 1 saturated heterocycles. The fraction of sp³-hybridized carbons (Fsp3) is 0.464. The lowest BCUT2D eigenvalue weighted by molar-refractivity contribution is -0.114. The van der Waals surface area contributed by atoms with Gasteiger partial charge in [0.05, 0.1) is 6.54 Å². The molecule has 2 aromatic carbocycles. The summed E-state index contributed by atoms with van der Waals surface area (Å²) in [6, 6.07) is 14.3. The minimum Gasteiger partial charge on any atom is -0.376 e. The molecule has 3 rings (SSSR count). The smallest absolute Gasteiger partial charge is 0.253 e. The molecule has 1 heterocycles. The van der Waals surface area contributed by atoms with E-state index < -0.39 is 0 Å². The molecule has 0 aromatic heterocycles. The molecule has 1 fully saturated rings. The van der Waals surface area contributed by atoms with Crippen LogP contribution in [-0.2, 0) is 4.79 Å². The van der Waals surface area contributed by atoms with E-state index in [4.69, 9.17) is 0 Å². The van der Waals surface area contributed by atoms with Crippen LogP contribution >= 0.6 is 0 Å². The number of carbonyl (C=O) groups is 3. The summed E-state index contributed by atoms with van der Waals surface area (Å²) in [5.41, 5.74) is 2.62. The van der Waals surface area contributed by atoms with Crippen molar-refractivity contribution in [2.24, 2.45) is 0 Å². The van der Waals surface area contributed by atoms with Crippen molar-refractivity contribution in [3.8, 4) is 0 Å². The van der Waals surface area contributed by atoms with Crippen LogP contribution in [0.3, 0.4) is 0 Å². The lowest BCUT2D eigenvalue weighted by Gasteiger charge is -2.21. The maximum atomic E-state index is 12.9. The molecule has 7 heteroatoms. The van der Waals surface area contributed by atoms with Gasteiger partial charge in [0, 0.05) is 48.7 Å². The van der Waals surface area contributed by atoms with Crippen molar-refractivity contribution in [1.82, 2.24) is 9.80 Å². The normalized spacial score (nSPS) is 13.6. The van der Waals surface area contributed by atoms with Crippen molar-refractivity contribution in [3.05, 3.63) is 59.7 Å². The molecule has 0 bridgehead atoms. The third-order valence-electron chi connectivity index (χ3n) is 6.15. The number of amides is 3. The van der Waals surface area contributed by atoms with Crippen molar-refractivity contribution < 1.29 is 14.4 Å². The van der Waals surface area contributed by atoms with Gasteiger partial charge in [-0.05, 0) is 68.1 Å². The largest absolute Gasteiger partial charge is 0.376 e. The number of benzene rings is 2. The fourth-order valence-electron chi connectivity index (χ4n) is 4.34. The SMILES string of the molecule is CCCN(CCC)C(=O)c1ccc(NC(=O)CNc2cccc(C(=O)N3CCCCCC3)c2)cc1. The Labute approximate surface area is 208 Å². The van der Waals surface area contributed by atoms with E-state index in [2.05, 4.69) is 24.5 Å². The highest BCUT2D eigenvalue weighted by Gasteiger charge is 2.18. The number of anilines is 2. The zero-order valence-electron chi connectivity index (χ0n) is 21.0. The summed E-state index contributed by atoms with van der Waals surface area (Å²) in [4.78, 5) is 41.8. The number of likely N-dealkylation sites (tertiary alicyclic amines) is 1. The number of hydrogen-bond donors (Lipinski definition) is 2. The summed E-state index contributed by atoms with van der Waals surface area (Å²) in [5, 5.41) is 5.96. The number of nitrogens with one attached hydrogen (secondary N) is 2. The first-order valence-corrected chi connectivity index (χ1v) is 12.8. The van der Waals surface area contributed by atoms with Crippen LogP contribution in [0.15, 0.2) is 48.5 Å². The summed E-state index contributed by atoms with van der Waals surface area (Å²) in [7, 11) is 0. The molecular weight excluding hydrogens is 440 g/mol. The van der Waals surface area contributed by atoms with E-state index in [0.717, 1.165) is 57.5 Å². The Morgan fingerprint density at radius 2 is 1.49 bits per heavy atom. The van der Waals surface area contributed by atoms with Crippen LogP contribution in [0.25, 0.3) is 0 Å². The first-order valence-electron chi connectivity index (χ1n) is 12.8. The zero-order valence-corrected chi connectivity index (χ0v) is 21.0. The van der Waals surface area contributed by atoms with E-state index in [0.29, 0.717) is 16.8 Å². The summed E-state index contributed by atoms with van der Waals surface area (Å²) in [6.45, 7) is 7.28. The number of rotatable bonds is 10. The van der Waals surface area contributed by atoms with Gasteiger partial charge in [0.15, 0.2) is 0 Å². The predicted molar refractivity (Wildman–Crippen MR) is 141 cm³/mol. The molecule has 1 aliphatic heterocycles. The number of hydrogen-bond acceptors (Lipinski definition) is 4. The van der Waals surface area contributed by atoms with Gasteiger partial charge in [0.25, 0.3) is 11.8 Å². The quantitative estimate of drug-likeness (QED) is 0.503. The Kier molecular flexibility index (Phi) is 10.1. The Bertz CT molecular complexity index is 976. The molecule has 0 unspecified atom stereocenters. The molecule has 188 valence electrons. The highest BCUT2D eigenvalue weighted by atomic mass is 16.2. The second kappa shape index (κ2) is 13.5. The Balaban J connectivity index is 1.52. The molecule has 35 heavy (non-hydrogen) atoms. The van der Waals surface area contributed by atoms with Crippen LogP contribution in [0.2, 0.25) is 0 Å². The van der Waals surface area contributed by atoms with E-state index >= 15 is 0 Å². The van der Waals surface area contributed by atoms with E-state index in [-0.39, 0.29) is 24.3 Å². The summed E-state index contributed by atoms with van der Waals surface area (Å²) in [6.07, 6.45) is 6.29. The summed E-state index contributed by atoms with van der Waals surface area (Å²) >= 11 is 0. The second-order valence-electron chi connectivity index (χ2n) is 9.06. The predicted octanol–water partition coefficient (Wildman–Crippen LogP) is 5.02. The maximum Gasteiger partial charge on any atom is 0.253 e. The van der Waals surface area contributed by atoms with Gasteiger partial charge >= 0.3 is 0 Å². The molecular formula is C28H38N4O3. The van der Waals surface area contributed by atoms with Crippen molar-refractivity contribution in [2.75, 3.05) is 43.4 Å². The molecule has 0 spiro atoms. The second-order valence-corrected chi connectivity index (χ2v) is 9.06. The number of nitrogens with zero attached hydrogens (tertiary/aromatic N) is 2. The first kappa shape index (κ1) is 26.3. The van der Waals surface area contributed by atoms with Crippen molar-refractivity contribution >= 4 is 29.1 Å². The zero-order chi connectivity index (χ0) is 25.0. The van der Waals surface area contributed by atoms with Crippen LogP contribution in [0.1, 0.15) is 73.1 Å². The average molecular weight is 479 g/mol. The molecule has 3 amide bonds. The molecule has 7 nitrogen and oxygen atoms in total. The maximum absolute atomic E-state index is 12.9. The van der Waals surface area contributed by atoms with Crippen LogP contribution in [-0.4, -0.2) is 60.2 Å². The van der Waals surface area contributed by atoms with E-state index in [1.807, 2.05) is 28.0 Å². The monoisotopic (exact) mass is 478 g/mol. The highest BCUT2D eigenvalue weighted by Crippen LogP contribution is 2.17. The molecule has 2 aromatic rings. The topological polar surface area (TPSA) is 81.8 Å². The van der Waals surface area contributed by atoms with Gasteiger partial charge in [-0.25, -0.2) is 0 Å². The van der Waals surface area contributed by atoms with E-state index in [1.165, 1.54) is 12.8 Å². The summed E-state index contributed by atoms with van der Waals surface area (Å²) < 4.78 is 0. The molecule has 0 saturated carbocycles. The lowest BCUT2D eigenvalue weighted by Crippen LogP contribution is -2.32. The lowest BCUT2D eigenvalue weighted by atomic mass is 10.1. The van der Waals surface area contributed by atoms with Crippen molar-refractivity contribution in [3.63, 3.8) is 0 Å². The van der Waals surface area contributed by atoms with Crippen LogP contribution < -0.4 is 10.6 Å². The van der Waals surface area contributed by atoms with Gasteiger partial charge in [-0.1, -0.05) is 32.8 Å². The minimum atomic E-state index is -0.202. The Hall–Kier alpha value is -3.35. The molecule has 2 N–H and O–H groups in total. The molecule has 0 aliphatic carbocycles. The van der Waals surface area contributed by atoms with Gasteiger partial charge < -0.3 is 20.4 Å². The van der Waals surface area contributed by atoms with Gasteiger partial charge in [-0.15, -0.1) is 0 Å². The van der Waals surface area contributed by atoms with Crippen molar-refractivity contribution in [1.29, 1.82) is 0 Å². The third-order valence-corrected chi connectivity index (χ3v) is 6.15. The van der Waals surface area contributed by atoms with E-state index in [1.54, 1.807) is 30.3 Å². The highest BCUT2D eigenvalue weighted by molar-refractivity contribution is 5.97. The van der Waals surface area contributed by atoms with Crippen molar-refractivity contribution in [2.45, 2.75) is 52.4 Å². The Morgan fingerprint density at radius 3 is 2.11 bits per heavy atom. The first-order chi connectivity index (χ1) is 17.0. The van der Waals surface area contributed by atoms with Gasteiger partial charge in [-0.2, -0.15) is 0 Å². The molecule has 1 aliphatic rings. The third kappa shape index (κ3) is 7.84. The Morgan fingerprint density at radius 1 is 0.829 bits per heavy atom. The van der Waals surface area contributed by atoms with Gasteiger partial charge in [-0.3, -0.25) is 14.4 Å². The van der Waals surface area contributed by atoms with E-state index in [9.17, 15) is 14.4 Å². The standard InChI is InChI=1S/C28H38N4O3/c1-3-16-31(17-4-2)27(34)22-12-14-24(15-13-22)30-26(33)21-29-25-11-9-10-23(20-25)28(35)32-18-7-5-6-8-19-32/h9-15,20,29H,3-8,16-19,21H2,1-2H3,(H,30,33). The minimum absolute atomic E-state index is 0.0165. The molecule has 0 atom stereocenters. The fourth-order valence-corrected chi connectivity index (χ4v) is 4.34. The number of carbonyl (C=O) groups excluding carboxylic acids is 3. The molecule has 0 radical (unpaired) electrons. The van der Waals surface area contributed by atoms with Crippen LogP contribution in [0, 0.1) is 0 Å². The summed E-state index contributed by atoms with van der Waals surface area (Å²) in [5.74, 6) is -0.138. The van der Waals surface area contributed by atoms with Gasteiger partial charge in [0.1, 0.15) is 0 Å². The van der Waals surface area contributed by atoms with Crippen LogP contribution in [0.5, 0.6) is 0 Å².